The van der Waals surface area contributed by atoms with Crippen molar-refractivity contribution in [1.82, 2.24) is 10.6 Å². The van der Waals surface area contributed by atoms with Gasteiger partial charge in [0.2, 0.25) is 0 Å². The molecule has 0 aromatic carbocycles. The molecule has 3 aliphatic rings. The summed E-state index contributed by atoms with van der Waals surface area (Å²) in [5.41, 5.74) is 2.70. The average molecular weight is 343 g/mol. The number of rotatable bonds is 6. The van der Waals surface area contributed by atoms with E-state index in [-0.39, 0.29) is 12.0 Å². The number of allylic oxidation sites excluding steroid dienone is 3. The summed E-state index contributed by atoms with van der Waals surface area (Å²) < 4.78 is 5.67. The number of amides is 1. The molecule has 136 valence electrons. The van der Waals surface area contributed by atoms with E-state index in [2.05, 4.69) is 10.6 Å². The summed E-state index contributed by atoms with van der Waals surface area (Å²) in [6.45, 7) is 4.18. The molecule has 0 bridgehead atoms. The van der Waals surface area contributed by atoms with Crippen molar-refractivity contribution < 1.29 is 9.53 Å². The fourth-order valence-electron chi connectivity index (χ4n) is 3.39. The molecule has 1 atom stereocenters. The van der Waals surface area contributed by atoms with E-state index < -0.39 is 0 Å². The monoisotopic (exact) mass is 343 g/mol. The van der Waals surface area contributed by atoms with Gasteiger partial charge in [-0.25, -0.2) is 0 Å². The minimum Gasteiger partial charge on any atom is -0.390 e. The summed E-state index contributed by atoms with van der Waals surface area (Å²) in [4.78, 5) is 12.5. The van der Waals surface area contributed by atoms with Gasteiger partial charge < -0.3 is 20.8 Å². The fraction of sp³-hybridized carbons (Fsp3) is 0.600. The zero-order valence-corrected chi connectivity index (χ0v) is 15.1. The summed E-state index contributed by atoms with van der Waals surface area (Å²) in [6.07, 6.45) is 12.8. The molecule has 3 rings (SSSR count). The Balaban J connectivity index is 1.57. The Labute approximate surface area is 150 Å². The van der Waals surface area contributed by atoms with Gasteiger partial charge in [0.05, 0.1) is 11.8 Å². The van der Waals surface area contributed by atoms with Gasteiger partial charge in [0.25, 0.3) is 5.91 Å². The average Bonchev–Trinajstić information content (AvgIpc) is 2.57. The first-order valence-electron chi connectivity index (χ1n) is 9.46. The van der Waals surface area contributed by atoms with Gasteiger partial charge in [-0.2, -0.15) is 0 Å². The minimum atomic E-state index is -0.0830. The number of carbonyl (C=O) groups excluding carboxylic acids is 1. The van der Waals surface area contributed by atoms with Crippen molar-refractivity contribution in [2.24, 2.45) is 5.92 Å². The predicted octanol–water partition coefficient (Wildman–Crippen LogP) is 2.85. The first-order valence-corrected chi connectivity index (χ1v) is 9.46. The van der Waals surface area contributed by atoms with Crippen molar-refractivity contribution in [2.45, 2.75) is 51.6 Å². The molecule has 3 N–H and O–H groups in total. The second-order valence-corrected chi connectivity index (χ2v) is 7.30. The van der Waals surface area contributed by atoms with Crippen molar-refractivity contribution >= 4 is 11.6 Å². The zero-order chi connectivity index (χ0) is 17.6. The van der Waals surface area contributed by atoms with Gasteiger partial charge >= 0.3 is 0 Å². The first kappa shape index (κ1) is 17.9. The molecule has 5 nitrogen and oxygen atoms in total. The van der Waals surface area contributed by atoms with E-state index in [1.54, 1.807) is 6.08 Å². The second kappa shape index (κ2) is 8.48. The van der Waals surface area contributed by atoms with Gasteiger partial charge in [-0.1, -0.05) is 6.42 Å². The van der Waals surface area contributed by atoms with E-state index in [1.165, 1.54) is 25.7 Å². The maximum Gasteiger partial charge on any atom is 0.251 e. The Hall–Kier alpha value is -1.88. The zero-order valence-electron chi connectivity index (χ0n) is 15.1. The quantitative estimate of drug-likeness (QED) is 0.694. The molecular formula is C20H29N3O2. The summed E-state index contributed by atoms with van der Waals surface area (Å²) in [7, 11) is 0. The highest BCUT2D eigenvalue weighted by molar-refractivity contribution is 6.14. The highest BCUT2D eigenvalue weighted by Gasteiger charge is 2.21. The molecule has 0 spiro atoms. The fourth-order valence-corrected chi connectivity index (χ4v) is 3.39. The molecule has 1 aliphatic heterocycles. The molecule has 25 heavy (non-hydrogen) atoms. The molecular weight excluding hydrogens is 314 g/mol. The van der Waals surface area contributed by atoms with Crippen LogP contribution in [0.15, 0.2) is 35.1 Å². The van der Waals surface area contributed by atoms with Crippen LogP contribution in [0, 0.1) is 11.3 Å². The summed E-state index contributed by atoms with van der Waals surface area (Å²) >= 11 is 0. The van der Waals surface area contributed by atoms with Crippen LogP contribution in [0.2, 0.25) is 0 Å². The molecule has 5 heteroatoms. The Kier molecular flexibility index (Phi) is 6.08. The maximum atomic E-state index is 12.5. The van der Waals surface area contributed by atoms with Gasteiger partial charge in [0.1, 0.15) is 0 Å². The topological polar surface area (TPSA) is 74.2 Å². The van der Waals surface area contributed by atoms with E-state index in [0.717, 1.165) is 43.1 Å². The van der Waals surface area contributed by atoms with Crippen molar-refractivity contribution in [3.8, 4) is 0 Å². The Bertz CT molecular complexity index is 608. The largest absolute Gasteiger partial charge is 0.390 e. The van der Waals surface area contributed by atoms with E-state index >= 15 is 0 Å². The normalized spacial score (nSPS) is 25.9. The van der Waals surface area contributed by atoms with Crippen molar-refractivity contribution in [2.75, 3.05) is 19.7 Å². The Morgan fingerprint density at radius 2 is 2.08 bits per heavy atom. The van der Waals surface area contributed by atoms with Crippen LogP contribution in [0.3, 0.4) is 0 Å². The molecule has 0 aromatic rings. The van der Waals surface area contributed by atoms with Crippen LogP contribution in [-0.2, 0) is 9.53 Å². The van der Waals surface area contributed by atoms with E-state index in [1.807, 2.05) is 19.2 Å². The lowest BCUT2D eigenvalue weighted by molar-refractivity contribution is -0.118. The van der Waals surface area contributed by atoms with Crippen molar-refractivity contribution in [1.29, 1.82) is 5.41 Å². The summed E-state index contributed by atoms with van der Waals surface area (Å²) in [6, 6.07) is 0. The number of hydrogen-bond donors (Lipinski definition) is 3. The van der Waals surface area contributed by atoms with Crippen LogP contribution in [0.5, 0.6) is 0 Å². The third-order valence-corrected chi connectivity index (χ3v) is 5.29. The van der Waals surface area contributed by atoms with Gasteiger partial charge in [-0.15, -0.1) is 0 Å². The van der Waals surface area contributed by atoms with Gasteiger partial charge in [0, 0.05) is 37.0 Å². The standard InChI is InChI=1S/C20H29N3O2/c1-14-9-19(21)16(12-22-11-15-5-4-6-15)10-18(14)20(24)23-13-17-7-2-3-8-25-17/h9-10,12,15,17,21-22H,2-8,11,13H2,1H3,(H,23,24)/b16-12-,21-19?. The van der Waals surface area contributed by atoms with Crippen LogP contribution < -0.4 is 10.6 Å². The summed E-state index contributed by atoms with van der Waals surface area (Å²) in [5.74, 6) is 0.675. The van der Waals surface area contributed by atoms with Crippen molar-refractivity contribution in [3.05, 3.63) is 35.1 Å². The lowest BCUT2D eigenvalue weighted by atomic mass is 9.85. The van der Waals surface area contributed by atoms with Crippen molar-refractivity contribution in [3.63, 3.8) is 0 Å². The highest BCUT2D eigenvalue weighted by Crippen LogP contribution is 2.25. The van der Waals surface area contributed by atoms with Crippen LogP contribution in [0.25, 0.3) is 0 Å². The molecule has 0 radical (unpaired) electrons. The molecule has 1 saturated carbocycles. The third kappa shape index (κ3) is 4.82. The molecule has 1 heterocycles. The first-order chi connectivity index (χ1) is 12.1. The molecule has 2 aliphatic carbocycles. The number of nitrogens with one attached hydrogen (secondary N) is 3. The Morgan fingerprint density at radius 3 is 2.76 bits per heavy atom. The Morgan fingerprint density at radius 1 is 1.24 bits per heavy atom. The van der Waals surface area contributed by atoms with Crippen LogP contribution >= 0.6 is 0 Å². The maximum absolute atomic E-state index is 12.5. The SMILES string of the molecule is CC1=CC(=N)/C(=C\NCC2CCC2)C=C1C(=O)NCC1CCCCO1. The van der Waals surface area contributed by atoms with Gasteiger partial charge in [-0.05, 0) is 62.7 Å². The second-order valence-electron chi connectivity index (χ2n) is 7.30. The van der Waals surface area contributed by atoms with E-state index in [0.29, 0.717) is 17.8 Å². The van der Waals surface area contributed by atoms with E-state index in [9.17, 15) is 4.79 Å². The van der Waals surface area contributed by atoms with Crippen LogP contribution in [0.1, 0.15) is 45.4 Å². The molecule has 2 fully saturated rings. The van der Waals surface area contributed by atoms with Crippen LogP contribution in [-0.4, -0.2) is 37.4 Å². The third-order valence-electron chi connectivity index (χ3n) is 5.29. The molecule has 1 saturated heterocycles. The number of carbonyl (C=O) groups is 1. The smallest absolute Gasteiger partial charge is 0.251 e. The number of hydrogen-bond acceptors (Lipinski definition) is 4. The minimum absolute atomic E-state index is 0.0830. The van der Waals surface area contributed by atoms with Crippen LogP contribution in [0.4, 0.5) is 0 Å². The highest BCUT2D eigenvalue weighted by atomic mass is 16.5. The summed E-state index contributed by atoms with van der Waals surface area (Å²) in [5, 5.41) is 14.4. The molecule has 1 unspecified atom stereocenters. The predicted molar refractivity (Wildman–Crippen MR) is 99.6 cm³/mol. The molecule has 1 amide bonds. The van der Waals surface area contributed by atoms with Gasteiger partial charge in [0.15, 0.2) is 0 Å². The lowest BCUT2D eigenvalue weighted by Crippen LogP contribution is -2.36. The number of ether oxygens (including phenoxy) is 1. The van der Waals surface area contributed by atoms with Gasteiger partial charge in [-0.3, -0.25) is 4.79 Å². The van der Waals surface area contributed by atoms with E-state index in [4.69, 9.17) is 10.1 Å². The molecule has 0 aromatic heterocycles. The lowest BCUT2D eigenvalue weighted by Gasteiger charge is -2.25.